The molecule has 214 valence electrons. The van der Waals surface area contributed by atoms with Crippen molar-refractivity contribution in [2.75, 3.05) is 44.0 Å². The molecular weight excluding hydrogens is 532 g/mol. The summed E-state index contributed by atoms with van der Waals surface area (Å²) in [5.74, 6) is -1.33. The fourth-order valence-corrected chi connectivity index (χ4v) is 4.81. The molecule has 4 aromatic rings. The number of benzene rings is 3. The summed E-state index contributed by atoms with van der Waals surface area (Å²) >= 11 is 0. The van der Waals surface area contributed by atoms with Gasteiger partial charge in [0.25, 0.3) is 5.91 Å². The van der Waals surface area contributed by atoms with Crippen molar-refractivity contribution < 1.29 is 23.5 Å². The number of aliphatic imine (C=N–C) groups is 1. The van der Waals surface area contributed by atoms with Gasteiger partial charge in [0.15, 0.2) is 5.76 Å². The summed E-state index contributed by atoms with van der Waals surface area (Å²) in [6.07, 6.45) is 1.48. The predicted octanol–water partition coefficient (Wildman–Crippen LogP) is 5.52. The fourth-order valence-electron chi connectivity index (χ4n) is 4.81. The van der Waals surface area contributed by atoms with E-state index >= 15 is 0 Å². The third-order valence-electron chi connectivity index (χ3n) is 6.90. The number of fused-ring (bicyclic) bond motifs is 1. The molecule has 2 amide bonds. The summed E-state index contributed by atoms with van der Waals surface area (Å²) in [6.45, 7) is 3.14. The lowest BCUT2D eigenvalue weighted by Gasteiger charge is -2.24. The van der Waals surface area contributed by atoms with Crippen molar-refractivity contribution in [3.63, 3.8) is 0 Å². The molecule has 5 rings (SSSR count). The van der Waals surface area contributed by atoms with Gasteiger partial charge in [-0.1, -0.05) is 36.4 Å². The second-order valence-electron chi connectivity index (χ2n) is 10.1. The number of amides is 2. The molecule has 0 fully saturated rings. The Hall–Kier alpha value is -5.02. The molecule has 0 saturated heterocycles. The molecule has 42 heavy (non-hydrogen) atoms. The molecule has 1 atom stereocenters. The normalized spacial score (nSPS) is 14.4. The number of nitrogens with one attached hydrogen (secondary N) is 1. The van der Waals surface area contributed by atoms with Crippen LogP contribution in [0.3, 0.4) is 0 Å². The summed E-state index contributed by atoms with van der Waals surface area (Å²) in [5, 5.41) is 2.91. The molecule has 1 aromatic heterocycles. The zero-order valence-corrected chi connectivity index (χ0v) is 23.7. The van der Waals surface area contributed by atoms with Crippen molar-refractivity contribution in [1.82, 2.24) is 4.90 Å². The van der Waals surface area contributed by atoms with Crippen molar-refractivity contribution in [3.8, 4) is 0 Å². The maximum atomic E-state index is 13.3. The van der Waals surface area contributed by atoms with Crippen LogP contribution in [0.1, 0.15) is 44.9 Å². The highest BCUT2D eigenvalue weighted by Gasteiger charge is 2.36. The molecule has 1 unspecified atom stereocenters. The van der Waals surface area contributed by atoms with E-state index in [9.17, 15) is 14.4 Å². The molecule has 0 bridgehead atoms. The summed E-state index contributed by atoms with van der Waals surface area (Å²) < 4.78 is 10.5. The Balaban J connectivity index is 1.50. The van der Waals surface area contributed by atoms with Crippen LogP contribution in [0.4, 0.5) is 17.1 Å². The summed E-state index contributed by atoms with van der Waals surface area (Å²) in [4.78, 5) is 47.4. The van der Waals surface area contributed by atoms with Crippen LogP contribution in [0.15, 0.2) is 101 Å². The molecule has 1 aliphatic heterocycles. The molecule has 0 saturated carbocycles. The van der Waals surface area contributed by atoms with E-state index in [1.165, 1.54) is 6.26 Å². The largest absolute Gasteiger partial charge is 0.462 e. The molecule has 1 N–H and O–H groups in total. The first kappa shape index (κ1) is 28.5. The van der Waals surface area contributed by atoms with Gasteiger partial charge in [0.1, 0.15) is 5.92 Å². The lowest BCUT2D eigenvalue weighted by Crippen LogP contribution is -2.36. The Morgan fingerprint density at radius 2 is 1.69 bits per heavy atom. The van der Waals surface area contributed by atoms with Crippen molar-refractivity contribution >= 4 is 40.6 Å². The first-order chi connectivity index (χ1) is 20.4. The van der Waals surface area contributed by atoms with Crippen LogP contribution in [0.5, 0.6) is 0 Å². The average molecular weight is 565 g/mol. The molecule has 1 aliphatic rings. The molecule has 9 heteroatoms. The maximum absolute atomic E-state index is 13.3. The number of rotatable bonds is 10. The van der Waals surface area contributed by atoms with E-state index in [4.69, 9.17) is 14.1 Å². The first-order valence-corrected chi connectivity index (χ1v) is 13.7. The third-order valence-corrected chi connectivity index (χ3v) is 6.90. The van der Waals surface area contributed by atoms with Gasteiger partial charge in [-0.3, -0.25) is 14.6 Å². The van der Waals surface area contributed by atoms with Gasteiger partial charge in [-0.25, -0.2) is 4.79 Å². The SMILES string of the molecule is CCOC(=O)c1ccc2c(c1)NC(=O)C2C(=Nc1ccc(N(CCN(C)C)C(=O)c2ccco2)cc1)c1ccccc1. The average Bonchev–Trinajstić information content (AvgIpc) is 3.64. The molecule has 9 nitrogen and oxygen atoms in total. The Morgan fingerprint density at radius 3 is 2.36 bits per heavy atom. The van der Waals surface area contributed by atoms with Gasteiger partial charge in [0.05, 0.1) is 29.8 Å². The number of furan rings is 1. The van der Waals surface area contributed by atoms with Crippen LogP contribution in [0.25, 0.3) is 0 Å². The smallest absolute Gasteiger partial charge is 0.338 e. The molecule has 2 heterocycles. The zero-order chi connectivity index (χ0) is 29.6. The summed E-state index contributed by atoms with van der Waals surface area (Å²) in [6, 6.07) is 25.3. The third kappa shape index (κ3) is 6.16. The fraction of sp³-hybridized carbons (Fsp3) is 0.212. The minimum atomic E-state index is -0.685. The second-order valence-corrected chi connectivity index (χ2v) is 10.1. The Kier molecular flexibility index (Phi) is 8.59. The van der Waals surface area contributed by atoms with Crippen LogP contribution in [0.2, 0.25) is 0 Å². The molecular formula is C33H32N4O5. The van der Waals surface area contributed by atoms with E-state index in [0.29, 0.717) is 41.4 Å². The van der Waals surface area contributed by atoms with Gasteiger partial charge in [-0.2, -0.15) is 0 Å². The predicted molar refractivity (Wildman–Crippen MR) is 162 cm³/mol. The Morgan fingerprint density at radius 1 is 0.929 bits per heavy atom. The molecule has 0 aliphatic carbocycles. The van der Waals surface area contributed by atoms with E-state index in [0.717, 1.165) is 11.1 Å². The van der Waals surface area contributed by atoms with E-state index in [2.05, 4.69) is 5.32 Å². The summed E-state index contributed by atoms with van der Waals surface area (Å²) in [7, 11) is 3.90. The lowest BCUT2D eigenvalue weighted by atomic mass is 9.90. The summed E-state index contributed by atoms with van der Waals surface area (Å²) in [5.41, 5.74) is 4.35. The minimum Gasteiger partial charge on any atom is -0.462 e. The maximum Gasteiger partial charge on any atom is 0.338 e. The van der Waals surface area contributed by atoms with Crippen molar-refractivity contribution in [2.45, 2.75) is 12.8 Å². The highest BCUT2D eigenvalue weighted by atomic mass is 16.5. The number of esters is 1. The van der Waals surface area contributed by atoms with Gasteiger partial charge in [-0.15, -0.1) is 0 Å². The van der Waals surface area contributed by atoms with Gasteiger partial charge < -0.3 is 24.3 Å². The quantitative estimate of drug-likeness (QED) is 0.201. The number of anilines is 2. The Labute approximate surface area is 244 Å². The first-order valence-electron chi connectivity index (χ1n) is 13.7. The number of nitrogens with zero attached hydrogens (tertiary/aromatic N) is 3. The number of likely N-dealkylation sites (N-methyl/N-ethyl adjacent to an activating group) is 1. The topological polar surface area (TPSA) is 104 Å². The van der Waals surface area contributed by atoms with Crippen molar-refractivity contribution in [1.29, 1.82) is 0 Å². The van der Waals surface area contributed by atoms with Crippen LogP contribution >= 0.6 is 0 Å². The monoisotopic (exact) mass is 564 g/mol. The standard InChI is InChI=1S/C33H32N4O5/c1-4-41-33(40)23-12-17-26-27(21-23)35-31(38)29(26)30(22-9-6-5-7-10-22)34-24-13-15-25(16-14-24)37(19-18-36(2)3)32(39)28-11-8-20-42-28/h5-17,20-21,29H,4,18-19H2,1-3H3,(H,35,38). The number of carbonyl (C=O) groups excluding carboxylic acids is 3. The van der Waals surface area contributed by atoms with Gasteiger partial charge in [0.2, 0.25) is 5.91 Å². The van der Waals surface area contributed by atoms with Crippen LogP contribution in [0, 0.1) is 0 Å². The second kappa shape index (κ2) is 12.7. The van der Waals surface area contributed by atoms with Gasteiger partial charge >= 0.3 is 5.97 Å². The minimum absolute atomic E-state index is 0.232. The molecule has 0 spiro atoms. The molecule has 3 aromatic carbocycles. The van der Waals surface area contributed by atoms with Crippen LogP contribution in [-0.4, -0.2) is 62.2 Å². The number of hydrogen-bond acceptors (Lipinski definition) is 7. The van der Waals surface area contributed by atoms with E-state index < -0.39 is 11.9 Å². The number of hydrogen-bond donors (Lipinski definition) is 1. The van der Waals surface area contributed by atoms with Gasteiger partial charge in [0, 0.05) is 24.5 Å². The Bertz CT molecular complexity index is 1600. The lowest BCUT2D eigenvalue weighted by molar-refractivity contribution is -0.115. The highest BCUT2D eigenvalue weighted by Crippen LogP contribution is 2.37. The van der Waals surface area contributed by atoms with E-state index in [-0.39, 0.29) is 24.2 Å². The van der Waals surface area contributed by atoms with E-state index in [1.54, 1.807) is 42.2 Å². The van der Waals surface area contributed by atoms with E-state index in [1.807, 2.05) is 73.6 Å². The van der Waals surface area contributed by atoms with Crippen LogP contribution in [-0.2, 0) is 9.53 Å². The highest BCUT2D eigenvalue weighted by molar-refractivity contribution is 6.24. The van der Waals surface area contributed by atoms with Crippen LogP contribution < -0.4 is 10.2 Å². The van der Waals surface area contributed by atoms with Gasteiger partial charge in [-0.05, 0) is 80.7 Å². The molecule has 0 radical (unpaired) electrons. The van der Waals surface area contributed by atoms with Crippen molar-refractivity contribution in [3.05, 3.63) is 114 Å². The zero-order valence-electron chi connectivity index (χ0n) is 23.7. The van der Waals surface area contributed by atoms with Crippen molar-refractivity contribution in [2.24, 2.45) is 4.99 Å². The number of carbonyl (C=O) groups is 3. The number of ether oxygens (including phenoxy) is 1.